The zero-order chi connectivity index (χ0) is 20.5. The molecule has 0 fully saturated rings. The first kappa shape index (κ1) is 18.1. The average Bonchev–Trinajstić information content (AvgIpc) is 3.44. The molecule has 2 amide bonds. The van der Waals surface area contributed by atoms with Crippen LogP contribution in [-0.4, -0.2) is 28.2 Å². The smallest absolute Gasteiger partial charge is 0.262 e. The van der Waals surface area contributed by atoms with Crippen molar-refractivity contribution in [1.82, 2.24) is 9.78 Å². The number of rotatable bonds is 4. The lowest BCUT2D eigenvalue weighted by atomic mass is 10.2. The molecule has 0 spiro atoms. The SMILES string of the molecule is O=C1COc2ccc(NC(=O)c3cn(-c4ccccc4)nc3-c3cccs3)cc2N1. The summed E-state index contributed by atoms with van der Waals surface area (Å²) in [7, 11) is 0. The molecule has 148 valence electrons. The van der Waals surface area contributed by atoms with Crippen LogP contribution in [0.2, 0.25) is 0 Å². The van der Waals surface area contributed by atoms with E-state index in [1.54, 1.807) is 29.1 Å². The summed E-state index contributed by atoms with van der Waals surface area (Å²) in [6, 6.07) is 18.6. The summed E-state index contributed by atoms with van der Waals surface area (Å²) in [6.45, 7) is -0.0124. The van der Waals surface area contributed by atoms with Crippen molar-refractivity contribution in [3.63, 3.8) is 0 Å². The summed E-state index contributed by atoms with van der Waals surface area (Å²) in [5, 5.41) is 12.2. The number of ether oxygens (including phenoxy) is 1. The van der Waals surface area contributed by atoms with Crippen LogP contribution in [0.15, 0.2) is 72.2 Å². The van der Waals surface area contributed by atoms with Crippen LogP contribution in [-0.2, 0) is 4.79 Å². The van der Waals surface area contributed by atoms with Gasteiger partial charge in [0.2, 0.25) is 0 Å². The highest BCUT2D eigenvalue weighted by molar-refractivity contribution is 7.13. The Kier molecular flexibility index (Phi) is 4.53. The fraction of sp³-hybridized carbons (Fsp3) is 0.0455. The number of carbonyl (C=O) groups excluding carboxylic acids is 2. The quantitative estimate of drug-likeness (QED) is 0.523. The lowest BCUT2D eigenvalue weighted by Gasteiger charge is -2.18. The molecule has 2 N–H and O–H groups in total. The van der Waals surface area contributed by atoms with Crippen LogP contribution in [0.1, 0.15) is 10.4 Å². The van der Waals surface area contributed by atoms with Gasteiger partial charge in [0.25, 0.3) is 11.8 Å². The van der Waals surface area contributed by atoms with Crippen molar-refractivity contribution in [2.75, 3.05) is 17.2 Å². The molecule has 7 nitrogen and oxygen atoms in total. The summed E-state index contributed by atoms with van der Waals surface area (Å²) in [5.74, 6) is 0.0578. The van der Waals surface area contributed by atoms with Gasteiger partial charge in [0, 0.05) is 11.9 Å². The first-order chi connectivity index (χ1) is 14.7. The van der Waals surface area contributed by atoms with Crippen molar-refractivity contribution >= 4 is 34.5 Å². The second kappa shape index (κ2) is 7.49. The van der Waals surface area contributed by atoms with Crippen molar-refractivity contribution in [3.8, 4) is 22.0 Å². The summed E-state index contributed by atoms with van der Waals surface area (Å²) in [6.07, 6.45) is 1.73. The molecule has 5 rings (SSSR count). The van der Waals surface area contributed by atoms with Crippen molar-refractivity contribution in [2.24, 2.45) is 0 Å². The molecule has 2 aromatic carbocycles. The highest BCUT2D eigenvalue weighted by Crippen LogP contribution is 2.32. The summed E-state index contributed by atoms with van der Waals surface area (Å²) in [4.78, 5) is 25.6. The molecule has 1 aliphatic rings. The number of aromatic nitrogens is 2. The number of fused-ring (bicyclic) bond motifs is 1. The fourth-order valence-corrected chi connectivity index (χ4v) is 3.93. The third-order valence-corrected chi connectivity index (χ3v) is 5.48. The minimum Gasteiger partial charge on any atom is -0.482 e. The molecule has 0 bridgehead atoms. The van der Waals surface area contributed by atoms with Crippen LogP contribution in [0.4, 0.5) is 11.4 Å². The molecule has 0 saturated carbocycles. The highest BCUT2D eigenvalue weighted by atomic mass is 32.1. The minimum atomic E-state index is -0.288. The van der Waals surface area contributed by atoms with Gasteiger partial charge in [-0.05, 0) is 41.8 Å². The number of thiophene rings is 1. The topological polar surface area (TPSA) is 85.2 Å². The molecule has 4 aromatic rings. The Labute approximate surface area is 175 Å². The third kappa shape index (κ3) is 3.44. The van der Waals surface area contributed by atoms with Gasteiger partial charge in [-0.25, -0.2) is 4.68 Å². The predicted molar refractivity (Wildman–Crippen MR) is 115 cm³/mol. The monoisotopic (exact) mass is 416 g/mol. The lowest BCUT2D eigenvalue weighted by Crippen LogP contribution is -2.25. The Balaban J connectivity index is 1.49. The molecular formula is C22H16N4O3S. The number of carbonyl (C=O) groups is 2. The number of hydrogen-bond acceptors (Lipinski definition) is 5. The minimum absolute atomic E-state index is 0.0124. The van der Waals surface area contributed by atoms with Gasteiger partial charge in [0.15, 0.2) is 6.61 Å². The van der Waals surface area contributed by atoms with Gasteiger partial charge in [0.05, 0.1) is 21.8 Å². The van der Waals surface area contributed by atoms with E-state index in [0.717, 1.165) is 10.6 Å². The molecule has 0 unspecified atom stereocenters. The van der Waals surface area contributed by atoms with Crippen molar-refractivity contribution in [2.45, 2.75) is 0 Å². The maximum Gasteiger partial charge on any atom is 0.262 e. The molecule has 8 heteroatoms. The Morgan fingerprint density at radius 1 is 1.13 bits per heavy atom. The molecular weight excluding hydrogens is 400 g/mol. The largest absolute Gasteiger partial charge is 0.482 e. The summed E-state index contributed by atoms with van der Waals surface area (Å²) < 4.78 is 7.06. The Morgan fingerprint density at radius 3 is 2.80 bits per heavy atom. The summed E-state index contributed by atoms with van der Waals surface area (Å²) in [5.41, 5.74) is 3.01. The van der Waals surface area contributed by atoms with Gasteiger partial charge < -0.3 is 15.4 Å². The molecule has 1 aliphatic heterocycles. The maximum absolute atomic E-state index is 13.1. The average molecular weight is 416 g/mol. The number of nitrogens with zero attached hydrogens (tertiary/aromatic N) is 2. The lowest BCUT2D eigenvalue weighted by molar-refractivity contribution is -0.118. The standard InChI is InChI=1S/C22H16N4O3S/c27-20-13-29-18-9-8-14(11-17(18)24-20)23-22(28)16-12-26(15-5-2-1-3-6-15)25-21(16)19-7-4-10-30-19/h1-12H,13H2,(H,23,28)(H,24,27). The molecule has 0 radical (unpaired) electrons. The maximum atomic E-state index is 13.1. The van der Waals surface area contributed by atoms with Crippen molar-refractivity contribution < 1.29 is 14.3 Å². The van der Waals surface area contributed by atoms with Crippen LogP contribution in [0.3, 0.4) is 0 Å². The molecule has 0 atom stereocenters. The van der Waals surface area contributed by atoms with Gasteiger partial charge in [-0.15, -0.1) is 11.3 Å². The second-order valence-corrected chi connectivity index (χ2v) is 7.60. The Hall–Kier alpha value is -3.91. The first-order valence-electron chi connectivity index (χ1n) is 9.24. The number of anilines is 2. The molecule has 2 aromatic heterocycles. The third-order valence-electron chi connectivity index (χ3n) is 4.60. The number of amides is 2. The summed E-state index contributed by atoms with van der Waals surface area (Å²) >= 11 is 1.52. The van der Waals surface area contributed by atoms with E-state index in [4.69, 9.17) is 4.74 Å². The first-order valence-corrected chi connectivity index (χ1v) is 10.1. The fourth-order valence-electron chi connectivity index (χ4n) is 3.21. The van der Waals surface area contributed by atoms with E-state index in [9.17, 15) is 9.59 Å². The van der Waals surface area contributed by atoms with Crippen LogP contribution >= 0.6 is 11.3 Å². The van der Waals surface area contributed by atoms with Crippen LogP contribution < -0.4 is 15.4 Å². The van der Waals surface area contributed by atoms with Crippen LogP contribution in [0.5, 0.6) is 5.75 Å². The zero-order valence-electron chi connectivity index (χ0n) is 15.7. The molecule has 30 heavy (non-hydrogen) atoms. The number of hydrogen-bond donors (Lipinski definition) is 2. The van der Waals surface area contributed by atoms with Gasteiger partial charge in [0.1, 0.15) is 11.4 Å². The van der Waals surface area contributed by atoms with Crippen molar-refractivity contribution in [1.29, 1.82) is 0 Å². The van der Waals surface area contributed by atoms with Gasteiger partial charge in [-0.2, -0.15) is 5.10 Å². The predicted octanol–water partition coefficient (Wildman–Crippen LogP) is 4.18. The normalized spacial score (nSPS) is 12.6. The molecule has 0 aliphatic carbocycles. The second-order valence-electron chi connectivity index (χ2n) is 6.65. The zero-order valence-corrected chi connectivity index (χ0v) is 16.5. The van der Waals surface area contributed by atoms with Gasteiger partial charge in [-0.1, -0.05) is 24.3 Å². The van der Waals surface area contributed by atoms with Gasteiger partial charge >= 0.3 is 0 Å². The van der Waals surface area contributed by atoms with Crippen molar-refractivity contribution in [3.05, 3.63) is 77.8 Å². The van der Waals surface area contributed by atoms with E-state index in [2.05, 4.69) is 15.7 Å². The molecule has 0 saturated heterocycles. The van der Waals surface area contributed by atoms with E-state index < -0.39 is 0 Å². The number of para-hydroxylation sites is 1. The Bertz CT molecular complexity index is 1230. The van der Waals surface area contributed by atoms with E-state index in [1.165, 1.54) is 11.3 Å². The molecule has 3 heterocycles. The highest BCUT2D eigenvalue weighted by Gasteiger charge is 2.21. The van der Waals surface area contributed by atoms with E-state index in [-0.39, 0.29) is 18.4 Å². The van der Waals surface area contributed by atoms with Crippen LogP contribution in [0, 0.1) is 0 Å². The van der Waals surface area contributed by atoms with Crippen LogP contribution in [0.25, 0.3) is 16.3 Å². The van der Waals surface area contributed by atoms with E-state index >= 15 is 0 Å². The number of nitrogens with one attached hydrogen (secondary N) is 2. The Morgan fingerprint density at radius 2 is 2.00 bits per heavy atom. The number of benzene rings is 2. The van der Waals surface area contributed by atoms with E-state index in [0.29, 0.717) is 28.4 Å². The van der Waals surface area contributed by atoms with Gasteiger partial charge in [-0.3, -0.25) is 9.59 Å². The van der Waals surface area contributed by atoms with E-state index in [1.807, 2.05) is 47.8 Å².